The largest absolute Gasteiger partial charge is 0.486 e. The van der Waals surface area contributed by atoms with E-state index in [4.69, 9.17) is 9.47 Å². The second-order valence-corrected chi connectivity index (χ2v) is 5.48. The van der Waals surface area contributed by atoms with Crippen molar-refractivity contribution in [1.82, 2.24) is 5.32 Å². The number of hydrogen-bond acceptors (Lipinski definition) is 3. The standard InChI is InChI=1S/C14H16BrNO2/c15-12-7-10(9-16-11-3-1-2-4-11)8-13-14(12)18-6-5-17-13/h1-2,7-8,11,16H,3-6,9H2. The van der Waals surface area contributed by atoms with Crippen LogP contribution in [0.5, 0.6) is 11.5 Å². The van der Waals surface area contributed by atoms with Gasteiger partial charge in [-0.2, -0.15) is 0 Å². The van der Waals surface area contributed by atoms with E-state index in [-0.39, 0.29) is 0 Å². The van der Waals surface area contributed by atoms with Crippen molar-refractivity contribution in [2.45, 2.75) is 25.4 Å². The van der Waals surface area contributed by atoms with Crippen molar-refractivity contribution in [3.63, 3.8) is 0 Å². The summed E-state index contributed by atoms with van der Waals surface area (Å²) in [5.74, 6) is 1.67. The Hall–Kier alpha value is -1.00. The molecule has 1 N–H and O–H groups in total. The smallest absolute Gasteiger partial charge is 0.175 e. The lowest BCUT2D eigenvalue weighted by Crippen LogP contribution is -2.25. The molecular weight excluding hydrogens is 294 g/mol. The molecule has 1 aliphatic carbocycles. The van der Waals surface area contributed by atoms with Crippen LogP contribution in [0.4, 0.5) is 0 Å². The SMILES string of the molecule is Brc1cc(CNC2CC=CC2)cc2c1OCCO2. The first kappa shape index (κ1) is 12.1. The number of benzene rings is 1. The summed E-state index contributed by atoms with van der Waals surface area (Å²) >= 11 is 3.54. The molecule has 1 heterocycles. The van der Waals surface area contributed by atoms with Gasteiger partial charge in [0.05, 0.1) is 4.47 Å². The maximum absolute atomic E-state index is 5.62. The Morgan fingerprint density at radius 2 is 1.94 bits per heavy atom. The zero-order valence-electron chi connectivity index (χ0n) is 10.1. The quantitative estimate of drug-likeness (QED) is 0.871. The second-order valence-electron chi connectivity index (χ2n) is 4.62. The van der Waals surface area contributed by atoms with Crippen LogP contribution >= 0.6 is 15.9 Å². The molecule has 0 unspecified atom stereocenters. The van der Waals surface area contributed by atoms with Crippen LogP contribution in [0.1, 0.15) is 18.4 Å². The number of rotatable bonds is 3. The maximum atomic E-state index is 5.62. The molecule has 96 valence electrons. The Balaban J connectivity index is 1.70. The molecule has 2 aliphatic rings. The first-order valence-corrected chi connectivity index (χ1v) is 7.08. The minimum atomic E-state index is 0.581. The molecule has 1 aromatic carbocycles. The predicted molar refractivity (Wildman–Crippen MR) is 74.1 cm³/mol. The predicted octanol–water partition coefficient (Wildman–Crippen LogP) is 3.03. The molecule has 0 fully saturated rings. The van der Waals surface area contributed by atoms with Crippen molar-refractivity contribution in [1.29, 1.82) is 0 Å². The minimum absolute atomic E-state index is 0.581. The van der Waals surface area contributed by atoms with Gasteiger partial charge in [-0.05, 0) is 46.5 Å². The molecule has 0 bridgehead atoms. The van der Waals surface area contributed by atoms with Crippen molar-refractivity contribution in [2.24, 2.45) is 0 Å². The van der Waals surface area contributed by atoms with E-state index in [1.165, 1.54) is 5.56 Å². The van der Waals surface area contributed by atoms with Crippen molar-refractivity contribution in [3.05, 3.63) is 34.3 Å². The van der Waals surface area contributed by atoms with Crippen molar-refractivity contribution in [3.8, 4) is 11.5 Å². The summed E-state index contributed by atoms with van der Waals surface area (Å²) in [6.45, 7) is 2.11. The molecule has 0 aromatic heterocycles. The highest BCUT2D eigenvalue weighted by Crippen LogP contribution is 2.38. The van der Waals surface area contributed by atoms with Crippen LogP contribution in [0.3, 0.4) is 0 Å². The minimum Gasteiger partial charge on any atom is -0.486 e. The Morgan fingerprint density at radius 1 is 1.17 bits per heavy atom. The Bertz CT molecular complexity index is 465. The Labute approximate surface area is 115 Å². The highest BCUT2D eigenvalue weighted by Gasteiger charge is 2.17. The van der Waals surface area contributed by atoms with E-state index >= 15 is 0 Å². The van der Waals surface area contributed by atoms with E-state index in [9.17, 15) is 0 Å². The van der Waals surface area contributed by atoms with Crippen molar-refractivity contribution in [2.75, 3.05) is 13.2 Å². The van der Waals surface area contributed by atoms with Crippen LogP contribution in [0.2, 0.25) is 0 Å². The molecule has 1 aromatic rings. The molecule has 3 rings (SSSR count). The third-order valence-corrected chi connectivity index (χ3v) is 3.85. The summed E-state index contributed by atoms with van der Waals surface area (Å²) in [6.07, 6.45) is 6.73. The molecule has 0 radical (unpaired) electrons. The third-order valence-electron chi connectivity index (χ3n) is 3.26. The number of hydrogen-bond donors (Lipinski definition) is 1. The number of fused-ring (bicyclic) bond motifs is 1. The molecule has 0 atom stereocenters. The molecule has 18 heavy (non-hydrogen) atoms. The zero-order valence-corrected chi connectivity index (χ0v) is 11.7. The highest BCUT2D eigenvalue weighted by molar-refractivity contribution is 9.10. The molecule has 0 saturated carbocycles. The fraction of sp³-hybridized carbons (Fsp3) is 0.429. The fourth-order valence-electron chi connectivity index (χ4n) is 2.31. The van der Waals surface area contributed by atoms with Gasteiger partial charge in [0.25, 0.3) is 0 Å². The normalized spacial score (nSPS) is 18.3. The summed E-state index contributed by atoms with van der Waals surface area (Å²) in [5, 5.41) is 3.55. The number of ether oxygens (including phenoxy) is 2. The third kappa shape index (κ3) is 2.54. The lowest BCUT2D eigenvalue weighted by molar-refractivity contribution is 0.170. The molecule has 3 nitrogen and oxygen atoms in total. The molecular formula is C14H16BrNO2. The van der Waals surface area contributed by atoms with Gasteiger partial charge in [-0.1, -0.05) is 12.2 Å². The summed E-state index contributed by atoms with van der Waals surface area (Å²) in [7, 11) is 0. The van der Waals surface area contributed by atoms with Crippen molar-refractivity contribution < 1.29 is 9.47 Å². The van der Waals surface area contributed by atoms with Gasteiger partial charge < -0.3 is 14.8 Å². The van der Waals surface area contributed by atoms with Crippen molar-refractivity contribution >= 4 is 15.9 Å². The summed E-state index contributed by atoms with van der Waals surface area (Å²) in [5.41, 5.74) is 1.22. The summed E-state index contributed by atoms with van der Waals surface area (Å²) in [4.78, 5) is 0. The first-order valence-electron chi connectivity index (χ1n) is 6.29. The van der Waals surface area contributed by atoms with Gasteiger partial charge in [-0.3, -0.25) is 0 Å². The number of halogens is 1. The van der Waals surface area contributed by atoms with Gasteiger partial charge in [0.1, 0.15) is 13.2 Å². The lowest BCUT2D eigenvalue weighted by atomic mass is 10.1. The summed E-state index contributed by atoms with van der Waals surface area (Å²) in [6, 6.07) is 4.74. The lowest BCUT2D eigenvalue weighted by Gasteiger charge is -2.21. The molecule has 0 saturated heterocycles. The van der Waals surface area contributed by atoms with E-state index in [0.29, 0.717) is 19.3 Å². The molecule has 0 spiro atoms. The first-order chi connectivity index (χ1) is 8.83. The maximum Gasteiger partial charge on any atom is 0.175 e. The van der Waals surface area contributed by atoms with Crippen LogP contribution in [0.15, 0.2) is 28.8 Å². The van der Waals surface area contributed by atoms with Crippen LogP contribution in [0, 0.1) is 0 Å². The molecule has 4 heteroatoms. The van der Waals surface area contributed by atoms with E-state index in [1.807, 2.05) is 0 Å². The molecule has 0 amide bonds. The Kier molecular flexibility index (Phi) is 3.57. The van der Waals surface area contributed by atoms with Gasteiger partial charge in [0.15, 0.2) is 11.5 Å². The second kappa shape index (κ2) is 5.33. The van der Waals surface area contributed by atoms with Crippen LogP contribution < -0.4 is 14.8 Å². The molecule has 1 aliphatic heterocycles. The van der Waals surface area contributed by atoms with E-state index < -0.39 is 0 Å². The van der Waals surface area contributed by atoms with Gasteiger partial charge in [0.2, 0.25) is 0 Å². The topological polar surface area (TPSA) is 30.5 Å². The van der Waals surface area contributed by atoms with Gasteiger partial charge in [0, 0.05) is 12.6 Å². The highest BCUT2D eigenvalue weighted by atomic mass is 79.9. The zero-order chi connectivity index (χ0) is 12.4. The van der Waals surface area contributed by atoms with Crippen LogP contribution in [-0.2, 0) is 6.54 Å². The summed E-state index contributed by atoms with van der Waals surface area (Å²) < 4.78 is 12.2. The van der Waals surface area contributed by atoms with E-state index in [1.54, 1.807) is 0 Å². The van der Waals surface area contributed by atoms with Crippen LogP contribution in [-0.4, -0.2) is 19.3 Å². The Morgan fingerprint density at radius 3 is 2.78 bits per heavy atom. The fourth-order valence-corrected chi connectivity index (χ4v) is 2.92. The van der Waals surface area contributed by atoms with E-state index in [0.717, 1.165) is 35.4 Å². The average Bonchev–Trinajstić information content (AvgIpc) is 2.90. The monoisotopic (exact) mass is 309 g/mol. The average molecular weight is 310 g/mol. The van der Waals surface area contributed by atoms with Gasteiger partial charge >= 0.3 is 0 Å². The number of nitrogens with one attached hydrogen (secondary N) is 1. The van der Waals surface area contributed by atoms with Gasteiger partial charge in [-0.25, -0.2) is 0 Å². The van der Waals surface area contributed by atoms with E-state index in [2.05, 4.69) is 45.5 Å². The van der Waals surface area contributed by atoms with Gasteiger partial charge in [-0.15, -0.1) is 0 Å². The van der Waals surface area contributed by atoms with Crippen LogP contribution in [0.25, 0.3) is 0 Å².